The van der Waals surface area contributed by atoms with Gasteiger partial charge in [0.25, 0.3) is 0 Å². The first kappa shape index (κ1) is 15.8. The second kappa shape index (κ2) is 9.39. The lowest BCUT2D eigenvalue weighted by molar-refractivity contribution is 0.123. The molecule has 6 nitrogen and oxygen atoms in total. The minimum absolute atomic E-state index is 0.834. The molecule has 0 aromatic carbocycles. The van der Waals surface area contributed by atoms with E-state index in [4.69, 9.17) is 4.74 Å². The molecular formula is C15H27N5O. The topological polar surface area (TPSA) is 63.5 Å². The quantitative estimate of drug-likeness (QED) is 0.387. The van der Waals surface area contributed by atoms with Crippen LogP contribution in [0, 0.1) is 5.92 Å². The monoisotopic (exact) mass is 293 g/mol. The van der Waals surface area contributed by atoms with Gasteiger partial charge >= 0.3 is 0 Å². The first-order valence-corrected chi connectivity index (χ1v) is 7.86. The Morgan fingerprint density at radius 1 is 1.33 bits per heavy atom. The molecule has 0 atom stereocenters. The van der Waals surface area contributed by atoms with Crippen LogP contribution in [0.4, 0.5) is 0 Å². The van der Waals surface area contributed by atoms with Crippen molar-refractivity contribution in [2.45, 2.75) is 32.2 Å². The summed E-state index contributed by atoms with van der Waals surface area (Å²) in [5, 5.41) is 6.62. The van der Waals surface area contributed by atoms with Gasteiger partial charge in [0.1, 0.15) is 0 Å². The van der Waals surface area contributed by atoms with Crippen molar-refractivity contribution in [3.05, 3.63) is 18.7 Å². The van der Waals surface area contributed by atoms with Gasteiger partial charge < -0.3 is 19.9 Å². The van der Waals surface area contributed by atoms with Gasteiger partial charge in [-0.1, -0.05) is 0 Å². The zero-order valence-corrected chi connectivity index (χ0v) is 12.9. The average molecular weight is 293 g/mol. The molecule has 118 valence electrons. The fourth-order valence-electron chi connectivity index (χ4n) is 2.02. The highest BCUT2D eigenvalue weighted by atomic mass is 16.5. The minimum Gasteiger partial charge on any atom is -0.381 e. The van der Waals surface area contributed by atoms with Crippen molar-refractivity contribution in [2.24, 2.45) is 10.9 Å². The van der Waals surface area contributed by atoms with Gasteiger partial charge in [-0.3, -0.25) is 4.99 Å². The second-order valence-electron chi connectivity index (χ2n) is 5.45. The van der Waals surface area contributed by atoms with E-state index in [1.807, 2.05) is 12.5 Å². The molecule has 1 heterocycles. The normalized spacial score (nSPS) is 15.2. The summed E-state index contributed by atoms with van der Waals surface area (Å²) in [6.07, 6.45) is 10.4. The molecule has 2 rings (SSSR count). The van der Waals surface area contributed by atoms with Gasteiger partial charge in [0.2, 0.25) is 0 Å². The zero-order chi connectivity index (χ0) is 14.8. The first-order chi connectivity index (χ1) is 10.4. The first-order valence-electron chi connectivity index (χ1n) is 7.86. The zero-order valence-electron chi connectivity index (χ0n) is 12.9. The third kappa shape index (κ3) is 7.13. The Morgan fingerprint density at radius 2 is 2.14 bits per heavy atom. The van der Waals surface area contributed by atoms with Crippen molar-refractivity contribution in [3.63, 3.8) is 0 Å². The molecule has 0 aliphatic heterocycles. The van der Waals surface area contributed by atoms with Crippen LogP contribution in [0.1, 0.15) is 25.7 Å². The van der Waals surface area contributed by atoms with E-state index in [9.17, 15) is 0 Å². The third-order valence-electron chi connectivity index (χ3n) is 3.48. The molecule has 2 N–H and O–H groups in total. The number of ether oxygens (including phenoxy) is 1. The van der Waals surface area contributed by atoms with E-state index >= 15 is 0 Å². The number of aliphatic imine (C=N–C) groups is 1. The van der Waals surface area contributed by atoms with Crippen molar-refractivity contribution in [2.75, 3.05) is 33.4 Å². The van der Waals surface area contributed by atoms with Crippen LogP contribution in [-0.2, 0) is 11.3 Å². The van der Waals surface area contributed by atoms with Crippen LogP contribution >= 0.6 is 0 Å². The number of aryl methyl sites for hydroxylation is 1. The average Bonchev–Trinajstić information content (AvgIpc) is 3.18. The number of nitrogens with zero attached hydrogens (tertiary/aromatic N) is 3. The van der Waals surface area contributed by atoms with E-state index in [0.29, 0.717) is 0 Å². The molecular weight excluding hydrogens is 266 g/mol. The molecule has 1 aliphatic carbocycles. The Labute approximate surface area is 127 Å². The number of hydrogen-bond acceptors (Lipinski definition) is 3. The van der Waals surface area contributed by atoms with Crippen molar-refractivity contribution in [1.29, 1.82) is 0 Å². The molecule has 0 radical (unpaired) electrons. The Bertz CT molecular complexity index is 400. The number of aromatic nitrogens is 2. The highest BCUT2D eigenvalue weighted by Crippen LogP contribution is 2.28. The predicted octanol–water partition coefficient (Wildman–Crippen LogP) is 1.25. The Kier molecular flexibility index (Phi) is 7.07. The van der Waals surface area contributed by atoms with Gasteiger partial charge in [0.15, 0.2) is 5.96 Å². The molecule has 0 unspecified atom stereocenters. The largest absolute Gasteiger partial charge is 0.381 e. The van der Waals surface area contributed by atoms with Crippen LogP contribution in [-0.4, -0.2) is 48.9 Å². The van der Waals surface area contributed by atoms with E-state index in [1.54, 1.807) is 13.2 Å². The molecule has 1 saturated carbocycles. The fourth-order valence-corrected chi connectivity index (χ4v) is 2.02. The molecule has 1 aliphatic rings. The van der Waals surface area contributed by atoms with Crippen LogP contribution in [0.2, 0.25) is 0 Å². The van der Waals surface area contributed by atoms with Gasteiger partial charge in [-0.05, 0) is 31.6 Å². The van der Waals surface area contributed by atoms with Gasteiger partial charge in [-0.15, -0.1) is 0 Å². The van der Waals surface area contributed by atoms with Gasteiger partial charge in [0, 0.05) is 52.3 Å². The number of imidazole rings is 1. The molecule has 1 aromatic rings. The molecule has 6 heteroatoms. The molecule has 1 fully saturated rings. The van der Waals surface area contributed by atoms with Crippen LogP contribution in [0.5, 0.6) is 0 Å². The van der Waals surface area contributed by atoms with E-state index < -0.39 is 0 Å². The SMILES string of the molecule is CN=C(NCCCOCC1CC1)NCCCn1ccnc1. The lowest BCUT2D eigenvalue weighted by Crippen LogP contribution is -2.38. The van der Waals surface area contributed by atoms with Gasteiger partial charge in [-0.25, -0.2) is 4.98 Å². The summed E-state index contributed by atoms with van der Waals surface area (Å²) < 4.78 is 7.68. The minimum atomic E-state index is 0.834. The molecule has 0 bridgehead atoms. The summed E-state index contributed by atoms with van der Waals surface area (Å²) in [5.74, 6) is 1.71. The number of guanidine groups is 1. The molecule has 0 saturated heterocycles. The number of nitrogens with one attached hydrogen (secondary N) is 2. The van der Waals surface area contributed by atoms with Crippen LogP contribution in [0.3, 0.4) is 0 Å². The van der Waals surface area contributed by atoms with Crippen molar-refractivity contribution in [1.82, 2.24) is 20.2 Å². The van der Waals surface area contributed by atoms with Crippen LogP contribution in [0.15, 0.2) is 23.7 Å². The van der Waals surface area contributed by atoms with Crippen molar-refractivity contribution < 1.29 is 4.74 Å². The summed E-state index contributed by atoms with van der Waals surface area (Å²) in [6, 6.07) is 0. The summed E-state index contributed by atoms with van der Waals surface area (Å²) in [4.78, 5) is 8.24. The Balaban J connectivity index is 1.43. The number of hydrogen-bond donors (Lipinski definition) is 2. The van der Waals surface area contributed by atoms with E-state index in [-0.39, 0.29) is 0 Å². The Morgan fingerprint density at radius 3 is 2.81 bits per heavy atom. The maximum atomic E-state index is 5.60. The second-order valence-corrected chi connectivity index (χ2v) is 5.45. The summed E-state index contributed by atoms with van der Waals surface area (Å²) in [6.45, 7) is 4.54. The maximum absolute atomic E-state index is 5.60. The molecule has 1 aromatic heterocycles. The van der Waals surface area contributed by atoms with E-state index in [2.05, 4.69) is 25.2 Å². The molecule has 0 amide bonds. The number of rotatable bonds is 10. The highest BCUT2D eigenvalue weighted by Gasteiger charge is 2.20. The van der Waals surface area contributed by atoms with Crippen LogP contribution in [0.25, 0.3) is 0 Å². The fraction of sp³-hybridized carbons (Fsp3) is 0.733. The van der Waals surface area contributed by atoms with Crippen molar-refractivity contribution in [3.8, 4) is 0 Å². The third-order valence-corrected chi connectivity index (χ3v) is 3.48. The predicted molar refractivity (Wildman–Crippen MR) is 84.4 cm³/mol. The van der Waals surface area contributed by atoms with Crippen molar-refractivity contribution >= 4 is 5.96 Å². The van der Waals surface area contributed by atoms with E-state index in [0.717, 1.165) is 57.6 Å². The van der Waals surface area contributed by atoms with E-state index in [1.165, 1.54) is 12.8 Å². The molecule has 21 heavy (non-hydrogen) atoms. The lowest BCUT2D eigenvalue weighted by Gasteiger charge is -2.12. The summed E-state index contributed by atoms with van der Waals surface area (Å²) >= 11 is 0. The summed E-state index contributed by atoms with van der Waals surface area (Å²) in [7, 11) is 1.80. The van der Waals surface area contributed by atoms with Crippen LogP contribution < -0.4 is 10.6 Å². The summed E-state index contributed by atoms with van der Waals surface area (Å²) in [5.41, 5.74) is 0. The Hall–Kier alpha value is -1.56. The maximum Gasteiger partial charge on any atom is 0.190 e. The van der Waals surface area contributed by atoms with Gasteiger partial charge in [0.05, 0.1) is 6.33 Å². The van der Waals surface area contributed by atoms with Gasteiger partial charge in [-0.2, -0.15) is 0 Å². The highest BCUT2D eigenvalue weighted by molar-refractivity contribution is 5.79. The lowest BCUT2D eigenvalue weighted by atomic mass is 10.4. The smallest absolute Gasteiger partial charge is 0.190 e. The molecule has 0 spiro atoms. The standard InChI is InChI=1S/C15H27N5O/c1-16-15(18-6-2-9-20-10-8-17-13-20)19-7-3-11-21-12-14-4-5-14/h8,10,13-14H,2-7,9,11-12H2,1H3,(H2,16,18,19).